The van der Waals surface area contributed by atoms with Crippen molar-refractivity contribution in [2.45, 2.75) is 6.92 Å². The predicted molar refractivity (Wildman–Crippen MR) is 108 cm³/mol. The van der Waals surface area contributed by atoms with Crippen LogP contribution in [0.5, 0.6) is 5.75 Å². The molecule has 0 bridgehead atoms. The molecule has 0 aliphatic carbocycles. The number of aryl methyl sites for hydroxylation is 1. The normalized spacial score (nSPS) is 14.2. The Morgan fingerprint density at radius 3 is 2.59 bits per heavy atom. The topological polar surface area (TPSA) is 58.8 Å². The van der Waals surface area contributed by atoms with Crippen molar-refractivity contribution in [3.63, 3.8) is 0 Å². The number of methoxy groups -OCH3 is 1. The van der Waals surface area contributed by atoms with Crippen molar-refractivity contribution in [2.24, 2.45) is 0 Å². The van der Waals surface area contributed by atoms with E-state index in [0.717, 1.165) is 11.4 Å². The first-order valence-corrected chi connectivity index (χ1v) is 9.47. The zero-order chi connectivity index (χ0) is 20.4. The second-order valence-corrected chi connectivity index (χ2v) is 6.87. The molecule has 0 N–H and O–H groups in total. The number of benzene rings is 2. The van der Waals surface area contributed by atoms with Gasteiger partial charge in [0.2, 0.25) is 5.76 Å². The van der Waals surface area contributed by atoms with Crippen LogP contribution in [0.3, 0.4) is 0 Å². The van der Waals surface area contributed by atoms with Crippen LogP contribution in [0.25, 0.3) is 11.3 Å². The summed E-state index contributed by atoms with van der Waals surface area (Å²) < 4.78 is 25.1. The summed E-state index contributed by atoms with van der Waals surface area (Å²) in [7, 11) is 1.64. The van der Waals surface area contributed by atoms with Crippen LogP contribution in [0, 0.1) is 12.7 Å². The summed E-state index contributed by atoms with van der Waals surface area (Å²) in [5.74, 6) is 0.517. The molecule has 0 radical (unpaired) electrons. The van der Waals surface area contributed by atoms with Crippen molar-refractivity contribution in [1.29, 1.82) is 0 Å². The van der Waals surface area contributed by atoms with Gasteiger partial charge in [0, 0.05) is 50.4 Å². The number of oxazole rings is 1. The Morgan fingerprint density at radius 2 is 1.86 bits per heavy atom. The van der Waals surface area contributed by atoms with E-state index < -0.39 is 5.82 Å². The van der Waals surface area contributed by atoms with Crippen molar-refractivity contribution in [1.82, 2.24) is 9.88 Å². The number of amides is 1. The third-order valence-corrected chi connectivity index (χ3v) is 5.04. The number of nitrogens with zero attached hydrogens (tertiary/aromatic N) is 3. The number of carbonyl (C=O) groups is 1. The number of aromatic nitrogens is 1. The van der Waals surface area contributed by atoms with Gasteiger partial charge in [-0.25, -0.2) is 9.37 Å². The lowest BCUT2D eigenvalue weighted by Crippen LogP contribution is -2.48. The summed E-state index contributed by atoms with van der Waals surface area (Å²) in [6, 6.07) is 14.1. The molecule has 0 unspecified atom stereocenters. The molecule has 4 rings (SSSR count). The van der Waals surface area contributed by atoms with E-state index in [1.165, 1.54) is 6.07 Å². The van der Waals surface area contributed by atoms with Crippen molar-refractivity contribution in [2.75, 3.05) is 38.2 Å². The first-order valence-electron chi connectivity index (χ1n) is 9.47. The van der Waals surface area contributed by atoms with Gasteiger partial charge in [-0.3, -0.25) is 4.79 Å². The second kappa shape index (κ2) is 7.95. The molecule has 7 heteroatoms. The zero-order valence-electron chi connectivity index (χ0n) is 16.4. The van der Waals surface area contributed by atoms with Gasteiger partial charge in [-0.1, -0.05) is 18.2 Å². The maximum Gasteiger partial charge on any atom is 0.292 e. The summed E-state index contributed by atoms with van der Waals surface area (Å²) in [5, 5.41) is 0. The molecule has 1 amide bonds. The molecule has 1 aliphatic rings. The Balaban J connectivity index is 1.51. The van der Waals surface area contributed by atoms with Crippen molar-refractivity contribution in [3.8, 4) is 17.0 Å². The fraction of sp³-hybridized carbons (Fsp3) is 0.273. The van der Waals surface area contributed by atoms with Gasteiger partial charge in [-0.2, -0.15) is 0 Å². The SMILES string of the molecule is COc1cccc(N2CCN(C(=O)c3oc(C)nc3-c3ccccc3F)CC2)c1. The fourth-order valence-corrected chi connectivity index (χ4v) is 3.53. The molecule has 0 spiro atoms. The first-order chi connectivity index (χ1) is 14.1. The quantitative estimate of drug-likeness (QED) is 0.673. The van der Waals surface area contributed by atoms with Gasteiger partial charge in [-0.15, -0.1) is 0 Å². The van der Waals surface area contributed by atoms with Crippen LogP contribution in [-0.2, 0) is 0 Å². The van der Waals surface area contributed by atoms with Gasteiger partial charge in [0.05, 0.1) is 7.11 Å². The molecule has 6 nitrogen and oxygen atoms in total. The lowest BCUT2D eigenvalue weighted by molar-refractivity contribution is 0.0714. The number of hydrogen-bond acceptors (Lipinski definition) is 5. The van der Waals surface area contributed by atoms with Crippen molar-refractivity contribution in [3.05, 3.63) is 66.0 Å². The Labute approximate surface area is 168 Å². The molecule has 1 fully saturated rings. The van der Waals surface area contributed by atoms with Crippen LogP contribution in [0.4, 0.5) is 10.1 Å². The molecule has 0 saturated carbocycles. The highest BCUT2D eigenvalue weighted by Crippen LogP contribution is 2.28. The van der Waals surface area contributed by atoms with E-state index in [0.29, 0.717) is 32.1 Å². The number of ether oxygens (including phenoxy) is 1. The van der Waals surface area contributed by atoms with E-state index in [2.05, 4.69) is 9.88 Å². The van der Waals surface area contributed by atoms with E-state index in [1.807, 2.05) is 24.3 Å². The average molecular weight is 395 g/mol. The Kier molecular flexibility index (Phi) is 5.20. The predicted octanol–water partition coefficient (Wildman–Crippen LogP) is 3.76. The molecule has 2 heterocycles. The summed E-state index contributed by atoms with van der Waals surface area (Å²) in [5.41, 5.74) is 1.57. The molecule has 0 atom stereocenters. The number of halogens is 1. The lowest BCUT2D eigenvalue weighted by Gasteiger charge is -2.35. The highest BCUT2D eigenvalue weighted by molar-refractivity contribution is 5.97. The third kappa shape index (κ3) is 3.81. The van der Waals surface area contributed by atoms with E-state index in [-0.39, 0.29) is 22.9 Å². The fourth-order valence-electron chi connectivity index (χ4n) is 3.53. The second-order valence-electron chi connectivity index (χ2n) is 6.87. The molecule has 1 aromatic heterocycles. The maximum absolute atomic E-state index is 14.2. The van der Waals surface area contributed by atoms with Gasteiger partial charge in [0.25, 0.3) is 5.91 Å². The molecule has 3 aromatic rings. The first kappa shape index (κ1) is 19.0. The van der Waals surface area contributed by atoms with E-state index >= 15 is 0 Å². The molecule has 29 heavy (non-hydrogen) atoms. The standard InChI is InChI=1S/C22H22FN3O3/c1-15-24-20(18-8-3-4-9-19(18)23)21(29-15)22(27)26-12-10-25(11-13-26)16-6-5-7-17(14-16)28-2/h3-9,14H,10-13H2,1-2H3. The summed E-state index contributed by atoms with van der Waals surface area (Å²) >= 11 is 0. The van der Waals surface area contributed by atoms with Crippen LogP contribution in [0.1, 0.15) is 16.4 Å². The number of anilines is 1. The van der Waals surface area contributed by atoms with Crippen molar-refractivity contribution >= 4 is 11.6 Å². The lowest BCUT2D eigenvalue weighted by atomic mass is 10.1. The average Bonchev–Trinajstić information content (AvgIpc) is 3.15. The summed E-state index contributed by atoms with van der Waals surface area (Å²) in [4.78, 5) is 21.3. The van der Waals surface area contributed by atoms with Crippen LogP contribution in [-0.4, -0.2) is 49.1 Å². The van der Waals surface area contributed by atoms with Gasteiger partial charge in [0.15, 0.2) is 5.89 Å². The van der Waals surface area contributed by atoms with Crippen molar-refractivity contribution < 1.29 is 18.3 Å². The van der Waals surface area contributed by atoms with Crippen LogP contribution >= 0.6 is 0 Å². The molecule has 2 aromatic carbocycles. The minimum absolute atomic E-state index is 0.0856. The highest BCUT2D eigenvalue weighted by atomic mass is 19.1. The number of carbonyl (C=O) groups excluding carboxylic acids is 1. The van der Waals surface area contributed by atoms with Gasteiger partial charge in [-0.05, 0) is 24.3 Å². The van der Waals surface area contributed by atoms with E-state index in [1.54, 1.807) is 37.1 Å². The largest absolute Gasteiger partial charge is 0.497 e. The van der Waals surface area contributed by atoms with Gasteiger partial charge in [0.1, 0.15) is 17.3 Å². The summed E-state index contributed by atoms with van der Waals surface area (Å²) in [6.07, 6.45) is 0. The molecule has 1 aliphatic heterocycles. The number of rotatable bonds is 4. The maximum atomic E-state index is 14.2. The van der Waals surface area contributed by atoms with Crippen LogP contribution in [0.2, 0.25) is 0 Å². The molecule has 150 valence electrons. The smallest absolute Gasteiger partial charge is 0.292 e. The molecular formula is C22H22FN3O3. The highest BCUT2D eigenvalue weighted by Gasteiger charge is 2.29. The minimum Gasteiger partial charge on any atom is -0.497 e. The molecular weight excluding hydrogens is 373 g/mol. The summed E-state index contributed by atoms with van der Waals surface area (Å²) in [6.45, 7) is 4.09. The Bertz CT molecular complexity index is 1030. The third-order valence-electron chi connectivity index (χ3n) is 5.04. The van der Waals surface area contributed by atoms with E-state index in [9.17, 15) is 9.18 Å². The Morgan fingerprint density at radius 1 is 1.10 bits per heavy atom. The zero-order valence-corrected chi connectivity index (χ0v) is 16.4. The van der Waals surface area contributed by atoms with Gasteiger partial charge >= 0.3 is 0 Å². The van der Waals surface area contributed by atoms with E-state index in [4.69, 9.17) is 9.15 Å². The minimum atomic E-state index is -0.433. The number of hydrogen-bond donors (Lipinski definition) is 0. The molecule has 1 saturated heterocycles. The van der Waals surface area contributed by atoms with Crippen LogP contribution in [0.15, 0.2) is 52.9 Å². The monoisotopic (exact) mass is 395 g/mol. The van der Waals surface area contributed by atoms with Gasteiger partial charge < -0.3 is 19.0 Å². The van der Waals surface area contributed by atoms with Crippen LogP contribution < -0.4 is 9.64 Å². The Hall–Kier alpha value is -3.35. The number of piperazine rings is 1.